The maximum atomic E-state index is 12.9. The first-order valence-electron chi connectivity index (χ1n) is 3.08. The van der Waals surface area contributed by atoms with Crippen LogP contribution in [0.1, 0.15) is 0 Å². The van der Waals surface area contributed by atoms with E-state index in [4.69, 9.17) is 0 Å². The van der Waals surface area contributed by atoms with Gasteiger partial charge >= 0.3 is 24.2 Å². The molecule has 0 spiro atoms. The summed E-state index contributed by atoms with van der Waals surface area (Å²) in [5, 5.41) is 0. The van der Waals surface area contributed by atoms with Crippen molar-refractivity contribution in [3.8, 4) is 0 Å². The molecule has 0 amide bonds. The van der Waals surface area contributed by atoms with Crippen molar-refractivity contribution >= 4 is 5.97 Å². The van der Waals surface area contributed by atoms with Gasteiger partial charge in [-0.05, 0) is 0 Å². The molecule has 1 saturated heterocycles. The van der Waals surface area contributed by atoms with Gasteiger partial charge in [-0.15, -0.1) is 8.78 Å². The van der Waals surface area contributed by atoms with E-state index >= 15 is 0 Å². The summed E-state index contributed by atoms with van der Waals surface area (Å²) < 4.78 is 70.9. The number of carbonyl (C=O) groups excluding carboxylic acids is 1. The van der Waals surface area contributed by atoms with Gasteiger partial charge in [-0.2, -0.15) is 13.2 Å². The topological polar surface area (TPSA) is 44.8 Å². The Morgan fingerprint density at radius 3 is 1.93 bits per heavy atom. The zero-order chi connectivity index (χ0) is 11.2. The van der Waals surface area contributed by atoms with Crippen LogP contribution in [0.5, 0.6) is 0 Å². The molecule has 0 bridgehead atoms. The number of alkyl halides is 5. The normalized spacial score (nSPS) is 34.1. The zero-order valence-electron chi connectivity index (χ0n) is 6.52. The fourth-order valence-electron chi connectivity index (χ4n) is 0.751. The molecule has 14 heavy (non-hydrogen) atoms. The Balaban J connectivity index is 3.05. The fourth-order valence-corrected chi connectivity index (χ4v) is 0.751. The molecule has 0 aromatic heterocycles. The lowest BCUT2D eigenvalue weighted by Gasteiger charge is -2.18. The van der Waals surface area contributed by atoms with E-state index in [2.05, 4.69) is 14.2 Å². The van der Waals surface area contributed by atoms with Crippen LogP contribution in [0.3, 0.4) is 0 Å². The molecule has 4 nitrogen and oxygen atoms in total. The quantitative estimate of drug-likeness (QED) is 0.490. The molecule has 1 fully saturated rings. The van der Waals surface area contributed by atoms with Crippen LogP contribution in [0.2, 0.25) is 0 Å². The third-order valence-electron chi connectivity index (χ3n) is 1.33. The number of esters is 1. The van der Waals surface area contributed by atoms with Gasteiger partial charge in [-0.3, -0.25) is 0 Å². The van der Waals surface area contributed by atoms with E-state index in [1.165, 1.54) is 0 Å². The Bertz CT molecular complexity index is 267. The van der Waals surface area contributed by atoms with E-state index < -0.39 is 24.2 Å². The molecule has 1 atom stereocenters. The number of hydrogen-bond acceptors (Lipinski definition) is 4. The second-order valence-electron chi connectivity index (χ2n) is 2.27. The van der Waals surface area contributed by atoms with Gasteiger partial charge in [0.15, 0.2) is 0 Å². The smallest absolute Gasteiger partial charge is 0.465 e. The lowest BCUT2D eigenvalue weighted by molar-refractivity contribution is -0.386. The highest BCUT2D eigenvalue weighted by Crippen LogP contribution is 2.49. The van der Waals surface area contributed by atoms with Crippen LogP contribution in [0.15, 0.2) is 0 Å². The molecular weight excluding hydrogens is 219 g/mol. The molecule has 0 unspecified atom stereocenters. The standard InChI is InChI=1S/C5H3F5O4/c1-12-2(11)3(6)4(7,8)14-5(9,10)13-3/h1H3/t3-/m0/s1. The van der Waals surface area contributed by atoms with E-state index in [0.717, 1.165) is 0 Å². The number of carbonyl (C=O) groups is 1. The van der Waals surface area contributed by atoms with Crippen LogP contribution in [-0.2, 0) is 19.0 Å². The van der Waals surface area contributed by atoms with E-state index in [1.807, 2.05) is 0 Å². The van der Waals surface area contributed by atoms with Crippen molar-refractivity contribution in [2.45, 2.75) is 18.3 Å². The lowest BCUT2D eigenvalue weighted by Crippen LogP contribution is -2.49. The van der Waals surface area contributed by atoms with Gasteiger partial charge in [0.1, 0.15) is 0 Å². The molecule has 1 heterocycles. The van der Waals surface area contributed by atoms with Crippen molar-refractivity contribution in [3.63, 3.8) is 0 Å². The van der Waals surface area contributed by atoms with Gasteiger partial charge < -0.3 is 4.74 Å². The number of halogens is 5. The van der Waals surface area contributed by atoms with Gasteiger partial charge in [-0.25, -0.2) is 14.3 Å². The minimum absolute atomic E-state index is 0.527. The summed E-state index contributed by atoms with van der Waals surface area (Å²) >= 11 is 0. The van der Waals surface area contributed by atoms with Crippen molar-refractivity contribution < 1.29 is 41.0 Å². The van der Waals surface area contributed by atoms with Crippen molar-refractivity contribution in [2.24, 2.45) is 0 Å². The summed E-state index contributed by atoms with van der Waals surface area (Å²) in [6.07, 6.45) is -9.99. The van der Waals surface area contributed by atoms with Crippen molar-refractivity contribution in [1.82, 2.24) is 0 Å². The molecule has 0 aliphatic carbocycles. The molecule has 0 N–H and O–H groups in total. The predicted molar refractivity (Wildman–Crippen MR) is 27.9 cm³/mol. The summed E-state index contributed by atoms with van der Waals surface area (Å²) in [6.45, 7) is 0. The lowest BCUT2D eigenvalue weighted by atomic mass is 10.3. The molecule has 0 radical (unpaired) electrons. The summed E-state index contributed by atoms with van der Waals surface area (Å²) in [6, 6.07) is 0. The molecule has 0 aromatic carbocycles. The fraction of sp³-hybridized carbons (Fsp3) is 0.800. The maximum absolute atomic E-state index is 12.9. The summed E-state index contributed by atoms with van der Waals surface area (Å²) in [5.41, 5.74) is 0. The summed E-state index contributed by atoms with van der Waals surface area (Å²) in [4.78, 5) is 10.4. The molecule has 0 saturated carbocycles. The van der Waals surface area contributed by atoms with E-state index in [-0.39, 0.29) is 0 Å². The third kappa shape index (κ3) is 1.42. The molecule has 0 aromatic rings. The van der Waals surface area contributed by atoms with Crippen molar-refractivity contribution in [1.29, 1.82) is 0 Å². The average molecular weight is 222 g/mol. The Morgan fingerprint density at radius 2 is 1.64 bits per heavy atom. The Kier molecular flexibility index (Phi) is 2.20. The van der Waals surface area contributed by atoms with Gasteiger partial charge in [0.2, 0.25) is 0 Å². The molecule has 82 valence electrons. The minimum atomic E-state index is -5.11. The SMILES string of the molecule is COC(=O)[C@]1(F)OC(F)(F)OC1(F)F. The molecule has 1 rings (SSSR count). The van der Waals surface area contributed by atoms with Crippen molar-refractivity contribution in [3.05, 3.63) is 0 Å². The van der Waals surface area contributed by atoms with Crippen LogP contribution in [0.25, 0.3) is 0 Å². The van der Waals surface area contributed by atoms with E-state index in [1.54, 1.807) is 0 Å². The van der Waals surface area contributed by atoms with E-state index in [0.29, 0.717) is 7.11 Å². The first-order chi connectivity index (χ1) is 6.15. The number of rotatable bonds is 1. The highest BCUT2D eigenvalue weighted by Gasteiger charge is 2.78. The van der Waals surface area contributed by atoms with Crippen LogP contribution >= 0.6 is 0 Å². The summed E-state index contributed by atoms with van der Waals surface area (Å²) in [5.74, 6) is -6.94. The Morgan fingerprint density at radius 1 is 1.14 bits per heavy atom. The largest absolute Gasteiger partial charge is 0.493 e. The predicted octanol–water partition coefficient (Wildman–Crippen LogP) is 1.02. The summed E-state index contributed by atoms with van der Waals surface area (Å²) in [7, 11) is 0.527. The van der Waals surface area contributed by atoms with Gasteiger partial charge in [-0.1, -0.05) is 0 Å². The maximum Gasteiger partial charge on any atom is 0.493 e. The molecular formula is C5H3F5O4. The van der Waals surface area contributed by atoms with Gasteiger partial charge in [0.25, 0.3) is 0 Å². The average Bonchev–Trinajstić information content (AvgIpc) is 2.15. The molecule has 1 aliphatic rings. The van der Waals surface area contributed by atoms with Crippen LogP contribution in [0, 0.1) is 0 Å². The Hall–Kier alpha value is -0.960. The second kappa shape index (κ2) is 2.76. The second-order valence-corrected chi connectivity index (χ2v) is 2.27. The third-order valence-corrected chi connectivity index (χ3v) is 1.33. The first kappa shape index (κ1) is 11.1. The number of methoxy groups -OCH3 is 1. The van der Waals surface area contributed by atoms with Crippen molar-refractivity contribution in [2.75, 3.05) is 7.11 Å². The van der Waals surface area contributed by atoms with Crippen LogP contribution in [-0.4, -0.2) is 31.3 Å². The van der Waals surface area contributed by atoms with Crippen LogP contribution < -0.4 is 0 Å². The zero-order valence-corrected chi connectivity index (χ0v) is 6.52. The number of hydrogen-bond donors (Lipinski definition) is 0. The van der Waals surface area contributed by atoms with Crippen LogP contribution in [0.4, 0.5) is 22.0 Å². The highest BCUT2D eigenvalue weighted by molar-refractivity contribution is 5.79. The molecule has 1 aliphatic heterocycles. The van der Waals surface area contributed by atoms with E-state index in [9.17, 15) is 26.7 Å². The highest BCUT2D eigenvalue weighted by atomic mass is 19.3. The van der Waals surface area contributed by atoms with Gasteiger partial charge in [0, 0.05) is 0 Å². The van der Waals surface area contributed by atoms with Gasteiger partial charge in [0.05, 0.1) is 7.11 Å². The number of ether oxygens (including phenoxy) is 3. The monoisotopic (exact) mass is 222 g/mol. The Labute approximate surface area is 73.5 Å². The minimum Gasteiger partial charge on any atom is -0.465 e. The molecule has 9 heteroatoms. The first-order valence-corrected chi connectivity index (χ1v) is 3.08.